The summed E-state index contributed by atoms with van der Waals surface area (Å²) < 4.78 is 32.3. The van der Waals surface area contributed by atoms with Gasteiger partial charge in [0.05, 0.1) is 11.2 Å². The minimum absolute atomic E-state index is 0.0330. The predicted molar refractivity (Wildman–Crippen MR) is 94.3 cm³/mol. The van der Waals surface area contributed by atoms with Crippen LogP contribution >= 0.6 is 0 Å². The summed E-state index contributed by atoms with van der Waals surface area (Å²) in [6, 6.07) is 1.43. The van der Waals surface area contributed by atoms with Gasteiger partial charge in [0.25, 0.3) is 5.91 Å². The Morgan fingerprint density at radius 2 is 2.33 bits per heavy atom. The third-order valence-corrected chi connectivity index (χ3v) is 7.03. The largest absolute Gasteiger partial charge is 0.339 e. The maximum Gasteiger partial charge on any atom is 0.271 e. The third-order valence-electron chi connectivity index (χ3n) is 5.57. The number of aromatic amines is 1. The molecule has 1 aliphatic heterocycles. The van der Waals surface area contributed by atoms with Crippen LogP contribution in [-0.2, 0) is 15.4 Å². The van der Waals surface area contributed by atoms with E-state index < -0.39 is 15.4 Å². The third kappa shape index (κ3) is 3.14. The highest BCUT2D eigenvalue weighted by Crippen LogP contribution is 2.50. The number of amides is 1. The number of hydrogen-bond acceptors (Lipinski definition) is 7. The topological polar surface area (TPSA) is 134 Å². The number of nitrogens with zero attached hydrogens (tertiary/aromatic N) is 4. The van der Waals surface area contributed by atoms with Gasteiger partial charge in [0.15, 0.2) is 5.82 Å². The second-order valence-electron chi connectivity index (χ2n) is 7.31. The highest BCUT2D eigenvalue weighted by molar-refractivity contribution is 7.89. The van der Waals surface area contributed by atoms with Gasteiger partial charge >= 0.3 is 0 Å². The number of hydrogen-bond donors (Lipinski definition) is 2. The number of aryl methyl sites for hydroxylation is 1. The van der Waals surface area contributed by atoms with E-state index in [1.807, 2.05) is 0 Å². The molecule has 2 fully saturated rings. The summed E-state index contributed by atoms with van der Waals surface area (Å²) in [5.74, 6) is 0.930. The normalized spacial score (nSPS) is 27.9. The van der Waals surface area contributed by atoms with Gasteiger partial charge in [-0.2, -0.15) is 10.1 Å². The molecule has 0 spiro atoms. The molecule has 0 unspecified atom stereocenters. The molecule has 11 heteroatoms. The van der Waals surface area contributed by atoms with Gasteiger partial charge < -0.3 is 9.42 Å². The molecule has 0 aromatic carbocycles. The molecule has 2 aromatic heterocycles. The van der Waals surface area contributed by atoms with E-state index in [0.29, 0.717) is 43.3 Å². The zero-order valence-corrected chi connectivity index (χ0v) is 16.0. The summed E-state index contributed by atoms with van der Waals surface area (Å²) in [4.78, 5) is 18.9. The lowest BCUT2D eigenvalue weighted by Gasteiger charge is -2.25. The molecule has 2 aliphatic rings. The number of sulfonamides is 1. The van der Waals surface area contributed by atoms with E-state index in [0.717, 1.165) is 0 Å². The first-order valence-corrected chi connectivity index (χ1v) is 10.6. The summed E-state index contributed by atoms with van der Waals surface area (Å²) in [6.07, 6.45) is 2.68. The van der Waals surface area contributed by atoms with Crippen molar-refractivity contribution in [2.75, 3.05) is 18.8 Å². The molecule has 146 valence electrons. The van der Waals surface area contributed by atoms with Crippen molar-refractivity contribution in [3.8, 4) is 0 Å². The van der Waals surface area contributed by atoms with Gasteiger partial charge in [-0.25, -0.2) is 13.1 Å². The van der Waals surface area contributed by atoms with Gasteiger partial charge in [0.1, 0.15) is 5.69 Å². The highest BCUT2D eigenvalue weighted by atomic mass is 32.2. The second kappa shape index (κ2) is 6.41. The Bertz CT molecular complexity index is 940. The monoisotopic (exact) mass is 394 g/mol. The van der Waals surface area contributed by atoms with Crippen LogP contribution in [0.5, 0.6) is 0 Å². The van der Waals surface area contributed by atoms with Crippen molar-refractivity contribution in [1.82, 2.24) is 30.0 Å². The number of carbonyl (C=O) groups is 1. The Labute approximate surface area is 156 Å². The molecule has 1 saturated heterocycles. The quantitative estimate of drug-likeness (QED) is 0.740. The Morgan fingerprint density at radius 1 is 1.52 bits per heavy atom. The Kier molecular flexibility index (Phi) is 4.30. The van der Waals surface area contributed by atoms with Crippen LogP contribution in [0.4, 0.5) is 0 Å². The van der Waals surface area contributed by atoms with Crippen molar-refractivity contribution in [3.63, 3.8) is 0 Å². The SMILES string of the molecule is CCS(=O)(=O)N[C@@H]1C[C@H]2CN(C(=O)c3ccn[nH]3)C[C@@]2(c2nc(C)no2)C1. The average Bonchev–Trinajstić information content (AvgIpc) is 3.36. The summed E-state index contributed by atoms with van der Waals surface area (Å²) in [5.41, 5.74) is -0.118. The lowest BCUT2D eigenvalue weighted by atomic mass is 9.80. The first-order valence-electron chi connectivity index (χ1n) is 8.92. The van der Waals surface area contributed by atoms with E-state index >= 15 is 0 Å². The van der Waals surface area contributed by atoms with Crippen LogP contribution in [0, 0.1) is 12.8 Å². The first kappa shape index (κ1) is 18.1. The van der Waals surface area contributed by atoms with Crippen LogP contribution in [0.2, 0.25) is 0 Å². The summed E-state index contributed by atoms with van der Waals surface area (Å²) in [7, 11) is -3.31. The number of rotatable bonds is 5. The number of fused-ring (bicyclic) bond motifs is 1. The van der Waals surface area contributed by atoms with E-state index in [9.17, 15) is 13.2 Å². The van der Waals surface area contributed by atoms with Crippen molar-refractivity contribution in [2.45, 2.75) is 38.1 Å². The fourth-order valence-corrected chi connectivity index (χ4v) is 5.18. The molecule has 10 nitrogen and oxygen atoms in total. The van der Waals surface area contributed by atoms with Crippen molar-refractivity contribution in [2.24, 2.45) is 5.92 Å². The molecule has 0 radical (unpaired) electrons. The van der Waals surface area contributed by atoms with Crippen LogP contribution < -0.4 is 4.72 Å². The highest BCUT2D eigenvalue weighted by Gasteiger charge is 2.58. The van der Waals surface area contributed by atoms with Gasteiger partial charge in [-0.1, -0.05) is 5.16 Å². The van der Waals surface area contributed by atoms with Crippen molar-refractivity contribution in [1.29, 1.82) is 0 Å². The lowest BCUT2D eigenvalue weighted by Crippen LogP contribution is -2.40. The first-order chi connectivity index (χ1) is 12.8. The van der Waals surface area contributed by atoms with E-state index in [1.165, 1.54) is 6.20 Å². The molecular formula is C16H22N6O4S. The molecule has 2 aromatic rings. The van der Waals surface area contributed by atoms with Crippen LogP contribution in [0.15, 0.2) is 16.8 Å². The predicted octanol–water partition coefficient (Wildman–Crippen LogP) is 0.213. The van der Waals surface area contributed by atoms with E-state index in [2.05, 4.69) is 25.1 Å². The minimum atomic E-state index is -3.31. The Hall–Kier alpha value is -2.27. The molecule has 3 atom stereocenters. The molecule has 3 heterocycles. The lowest BCUT2D eigenvalue weighted by molar-refractivity contribution is 0.0767. The Balaban J connectivity index is 1.62. The van der Waals surface area contributed by atoms with E-state index in [4.69, 9.17) is 4.52 Å². The number of carbonyl (C=O) groups excluding carboxylic acids is 1. The van der Waals surface area contributed by atoms with Crippen LogP contribution in [0.3, 0.4) is 0 Å². The summed E-state index contributed by atoms with van der Waals surface area (Å²) >= 11 is 0. The number of H-pyrrole nitrogens is 1. The molecule has 0 bridgehead atoms. The van der Waals surface area contributed by atoms with Crippen molar-refractivity contribution >= 4 is 15.9 Å². The standard InChI is InChI=1S/C16H22N6O4S/c1-3-27(24,25)21-12-6-11-8-22(14(23)13-4-5-17-19-13)9-16(11,7-12)15-18-10(2)20-26-15/h4-5,11-12,21H,3,6-9H2,1-2H3,(H,17,19)/t11-,12+,16-/m0/s1. The van der Waals surface area contributed by atoms with Gasteiger partial charge in [-0.05, 0) is 38.7 Å². The van der Waals surface area contributed by atoms with Crippen molar-refractivity contribution in [3.05, 3.63) is 29.7 Å². The molecule has 1 aliphatic carbocycles. The molecular weight excluding hydrogens is 372 g/mol. The molecule has 1 saturated carbocycles. The van der Waals surface area contributed by atoms with Gasteiger partial charge in [-0.3, -0.25) is 9.89 Å². The smallest absolute Gasteiger partial charge is 0.271 e. The van der Waals surface area contributed by atoms with Gasteiger partial charge in [0, 0.05) is 25.3 Å². The summed E-state index contributed by atoms with van der Waals surface area (Å²) in [6.45, 7) is 4.26. The Morgan fingerprint density at radius 3 is 2.96 bits per heavy atom. The second-order valence-corrected chi connectivity index (χ2v) is 9.36. The van der Waals surface area contributed by atoms with E-state index in [1.54, 1.807) is 24.8 Å². The molecule has 27 heavy (non-hydrogen) atoms. The number of nitrogens with one attached hydrogen (secondary N) is 2. The molecule has 4 rings (SSSR count). The number of likely N-dealkylation sites (tertiary alicyclic amines) is 1. The van der Waals surface area contributed by atoms with Crippen LogP contribution in [0.25, 0.3) is 0 Å². The van der Waals surface area contributed by atoms with Gasteiger partial charge in [-0.15, -0.1) is 0 Å². The maximum absolute atomic E-state index is 12.8. The molecule has 1 amide bonds. The maximum atomic E-state index is 12.8. The fourth-order valence-electron chi connectivity index (χ4n) is 4.33. The summed E-state index contributed by atoms with van der Waals surface area (Å²) in [5, 5.41) is 10.4. The minimum Gasteiger partial charge on any atom is -0.339 e. The molecule has 2 N–H and O–H groups in total. The zero-order valence-electron chi connectivity index (χ0n) is 15.2. The van der Waals surface area contributed by atoms with Crippen LogP contribution in [-0.4, -0.2) is 64.4 Å². The van der Waals surface area contributed by atoms with E-state index in [-0.39, 0.29) is 23.6 Å². The average molecular weight is 394 g/mol. The fraction of sp³-hybridized carbons (Fsp3) is 0.625. The van der Waals surface area contributed by atoms with Crippen LogP contribution in [0.1, 0.15) is 42.0 Å². The van der Waals surface area contributed by atoms with Gasteiger partial charge in [0.2, 0.25) is 15.9 Å². The number of aromatic nitrogens is 4. The zero-order chi connectivity index (χ0) is 19.2. The van der Waals surface area contributed by atoms with Crippen molar-refractivity contribution < 1.29 is 17.7 Å².